The van der Waals surface area contributed by atoms with Crippen LogP contribution in [-0.2, 0) is 0 Å². The highest BCUT2D eigenvalue weighted by Gasteiger charge is 1.97. The van der Waals surface area contributed by atoms with Gasteiger partial charge in [0.05, 0.1) is 6.10 Å². The quantitative estimate of drug-likeness (QED) is 0.521. The van der Waals surface area contributed by atoms with Crippen molar-refractivity contribution in [2.45, 2.75) is 71.0 Å². The third-order valence-corrected chi connectivity index (χ3v) is 2.77. The highest BCUT2D eigenvalue weighted by atomic mass is 16.3. The van der Waals surface area contributed by atoms with Gasteiger partial charge in [0.2, 0.25) is 0 Å². The van der Waals surface area contributed by atoms with Gasteiger partial charge in [-0.3, -0.25) is 0 Å². The van der Waals surface area contributed by atoms with Crippen LogP contribution in [0.5, 0.6) is 0 Å². The van der Waals surface area contributed by atoms with Crippen LogP contribution in [-0.4, -0.2) is 22.4 Å². The first-order chi connectivity index (χ1) is 9.20. The lowest BCUT2D eigenvalue weighted by atomic mass is 10.1. The van der Waals surface area contributed by atoms with Crippen molar-refractivity contribution in [2.24, 2.45) is 0 Å². The van der Waals surface area contributed by atoms with E-state index in [-0.39, 0.29) is 0 Å². The van der Waals surface area contributed by atoms with Gasteiger partial charge < -0.3 is 10.2 Å². The van der Waals surface area contributed by atoms with E-state index in [9.17, 15) is 5.11 Å². The van der Waals surface area contributed by atoms with Crippen molar-refractivity contribution in [3.05, 3.63) is 12.2 Å². The Morgan fingerprint density at radius 3 is 2.42 bits per heavy atom. The van der Waals surface area contributed by atoms with E-state index < -0.39 is 12.2 Å². The molecule has 0 unspecified atom stereocenters. The average molecular weight is 262 g/mol. The molecule has 2 heteroatoms. The first kappa shape index (κ1) is 17.8. The summed E-state index contributed by atoms with van der Waals surface area (Å²) in [5, 5.41) is 18.8. The van der Waals surface area contributed by atoms with Crippen molar-refractivity contribution < 1.29 is 10.2 Å². The minimum Gasteiger partial charge on any atom is -0.389 e. The minimum atomic E-state index is -0.591. The standard InChI is InChI=1S/C17H26O2/c1-3-5-6-7-11-14-17(19)15-12-9-8-10-13-16(18)4-2/h12,15-19H,3-7,11,14H2,1-2H3/b15-12+/t16-,17+/m1/s1. The van der Waals surface area contributed by atoms with E-state index in [1.165, 1.54) is 25.7 Å². The zero-order valence-electron chi connectivity index (χ0n) is 12.2. The Hall–Kier alpha value is -1.22. The maximum atomic E-state index is 9.66. The van der Waals surface area contributed by atoms with E-state index >= 15 is 0 Å². The van der Waals surface area contributed by atoms with E-state index in [2.05, 4.69) is 30.6 Å². The van der Waals surface area contributed by atoms with Crippen LogP contribution in [0.3, 0.4) is 0 Å². The number of aliphatic hydroxyl groups is 2. The summed E-state index contributed by atoms with van der Waals surface area (Å²) in [6.45, 7) is 4.06. The molecule has 0 spiro atoms. The lowest BCUT2D eigenvalue weighted by molar-refractivity contribution is 0.208. The molecule has 0 saturated carbocycles. The predicted molar refractivity (Wildman–Crippen MR) is 80.4 cm³/mol. The second-order valence-electron chi connectivity index (χ2n) is 4.59. The van der Waals surface area contributed by atoms with Gasteiger partial charge in [-0.25, -0.2) is 0 Å². The third kappa shape index (κ3) is 13.0. The van der Waals surface area contributed by atoms with Crippen LogP contribution in [0.4, 0.5) is 0 Å². The second kappa shape index (κ2) is 13.2. The zero-order chi connectivity index (χ0) is 14.3. The number of hydrogen-bond acceptors (Lipinski definition) is 2. The molecular weight excluding hydrogens is 236 g/mol. The van der Waals surface area contributed by atoms with Crippen molar-refractivity contribution >= 4 is 0 Å². The predicted octanol–water partition coefficient (Wildman–Crippen LogP) is 3.04. The lowest BCUT2D eigenvalue weighted by Gasteiger charge is -2.03. The van der Waals surface area contributed by atoms with Gasteiger partial charge in [0.15, 0.2) is 0 Å². The molecule has 106 valence electrons. The van der Waals surface area contributed by atoms with Gasteiger partial charge in [0.1, 0.15) is 6.10 Å². The van der Waals surface area contributed by atoms with Crippen molar-refractivity contribution in [1.29, 1.82) is 0 Å². The molecule has 0 aliphatic carbocycles. The fourth-order valence-corrected chi connectivity index (χ4v) is 1.51. The van der Waals surface area contributed by atoms with Crippen molar-refractivity contribution in [3.8, 4) is 23.7 Å². The first-order valence-electron chi connectivity index (χ1n) is 7.24. The SMILES string of the molecule is CCCCCCC[C@H](O)/C=C/C#CC#C[C@H](O)CC. The molecule has 0 rings (SSSR count). The summed E-state index contributed by atoms with van der Waals surface area (Å²) in [6, 6.07) is 0. The minimum absolute atomic E-state index is 0.412. The van der Waals surface area contributed by atoms with Gasteiger partial charge in [-0.2, -0.15) is 0 Å². The average Bonchev–Trinajstić information content (AvgIpc) is 2.42. The largest absolute Gasteiger partial charge is 0.389 e. The van der Waals surface area contributed by atoms with Gasteiger partial charge in [0.25, 0.3) is 0 Å². The molecule has 2 N–H and O–H groups in total. The Kier molecular flexibility index (Phi) is 12.4. The molecular formula is C17H26O2. The van der Waals surface area contributed by atoms with Crippen LogP contribution in [0.15, 0.2) is 12.2 Å². The van der Waals surface area contributed by atoms with Crippen molar-refractivity contribution in [2.75, 3.05) is 0 Å². The molecule has 0 aliphatic heterocycles. The fraction of sp³-hybridized carbons (Fsp3) is 0.647. The number of rotatable bonds is 8. The van der Waals surface area contributed by atoms with Gasteiger partial charge in [-0.1, -0.05) is 57.8 Å². The molecule has 0 aliphatic rings. The summed E-state index contributed by atoms with van der Waals surface area (Å²) >= 11 is 0. The van der Waals surface area contributed by atoms with E-state index in [4.69, 9.17) is 5.11 Å². The molecule has 19 heavy (non-hydrogen) atoms. The third-order valence-electron chi connectivity index (χ3n) is 2.77. The summed E-state index contributed by atoms with van der Waals surface area (Å²) in [4.78, 5) is 0. The molecule has 0 bridgehead atoms. The van der Waals surface area contributed by atoms with Crippen LogP contribution in [0, 0.1) is 23.7 Å². The first-order valence-corrected chi connectivity index (χ1v) is 7.24. The Balaban J connectivity index is 3.74. The zero-order valence-corrected chi connectivity index (χ0v) is 12.2. The van der Waals surface area contributed by atoms with Crippen LogP contribution in [0.25, 0.3) is 0 Å². The molecule has 2 atom stereocenters. The molecule has 0 fully saturated rings. The van der Waals surface area contributed by atoms with Crippen molar-refractivity contribution in [3.63, 3.8) is 0 Å². The monoisotopic (exact) mass is 262 g/mol. The number of hydrogen-bond donors (Lipinski definition) is 2. The smallest absolute Gasteiger partial charge is 0.115 e. The highest BCUT2D eigenvalue weighted by Crippen LogP contribution is 2.07. The molecule has 0 radical (unpaired) electrons. The summed E-state index contributed by atoms with van der Waals surface area (Å²) in [7, 11) is 0. The molecule has 2 nitrogen and oxygen atoms in total. The normalized spacial score (nSPS) is 13.3. The van der Waals surface area contributed by atoms with E-state index in [0.29, 0.717) is 6.42 Å². The summed E-state index contributed by atoms with van der Waals surface area (Å²) in [6.07, 6.45) is 9.75. The number of unbranched alkanes of at least 4 members (excludes halogenated alkanes) is 4. The number of aliphatic hydroxyl groups excluding tert-OH is 2. The second-order valence-corrected chi connectivity index (χ2v) is 4.59. The van der Waals surface area contributed by atoms with Gasteiger partial charge >= 0.3 is 0 Å². The fourth-order valence-electron chi connectivity index (χ4n) is 1.51. The molecule has 0 saturated heterocycles. The Morgan fingerprint density at radius 2 is 1.74 bits per heavy atom. The molecule has 0 aromatic carbocycles. The summed E-state index contributed by atoms with van der Waals surface area (Å²) in [5.41, 5.74) is 0. The van der Waals surface area contributed by atoms with Gasteiger partial charge in [0, 0.05) is 0 Å². The highest BCUT2D eigenvalue weighted by molar-refractivity contribution is 5.31. The van der Waals surface area contributed by atoms with E-state index in [1.54, 1.807) is 12.2 Å². The van der Waals surface area contributed by atoms with Crippen molar-refractivity contribution in [1.82, 2.24) is 0 Å². The van der Waals surface area contributed by atoms with Gasteiger partial charge in [-0.05, 0) is 36.8 Å². The molecule has 0 amide bonds. The maximum Gasteiger partial charge on any atom is 0.115 e. The summed E-state index contributed by atoms with van der Waals surface area (Å²) in [5.74, 6) is 10.5. The van der Waals surface area contributed by atoms with Crippen LogP contribution in [0.2, 0.25) is 0 Å². The Morgan fingerprint density at radius 1 is 1.00 bits per heavy atom. The van der Waals surface area contributed by atoms with Crippen LogP contribution in [0.1, 0.15) is 58.8 Å². The maximum absolute atomic E-state index is 9.66. The molecule has 0 aromatic rings. The van der Waals surface area contributed by atoms with Gasteiger partial charge in [-0.15, -0.1) is 0 Å². The Labute approximate surface area is 117 Å². The topological polar surface area (TPSA) is 40.5 Å². The van der Waals surface area contributed by atoms with E-state index in [0.717, 1.165) is 12.8 Å². The van der Waals surface area contributed by atoms with Crippen LogP contribution >= 0.6 is 0 Å². The van der Waals surface area contributed by atoms with E-state index in [1.807, 2.05) is 6.92 Å². The van der Waals surface area contributed by atoms with Crippen LogP contribution < -0.4 is 0 Å². The summed E-state index contributed by atoms with van der Waals surface area (Å²) < 4.78 is 0. The molecule has 0 heterocycles. The number of allylic oxidation sites excluding steroid dienone is 1. The molecule has 0 aromatic heterocycles. The lowest BCUT2D eigenvalue weighted by Crippen LogP contribution is -2.01. The Bertz CT molecular complexity index is 349.